The minimum absolute atomic E-state index is 0.0560. The van der Waals surface area contributed by atoms with Gasteiger partial charge in [-0.05, 0) is 30.4 Å². The summed E-state index contributed by atoms with van der Waals surface area (Å²) < 4.78 is 0. The van der Waals surface area contributed by atoms with Crippen LogP contribution in [0.1, 0.15) is 28.0 Å². The smallest absolute Gasteiger partial charge is 0.326 e. The van der Waals surface area contributed by atoms with Crippen molar-refractivity contribution in [3.8, 4) is 0 Å². The number of amides is 1. The maximum Gasteiger partial charge on any atom is 0.326 e. The summed E-state index contributed by atoms with van der Waals surface area (Å²) >= 11 is 0. The topological polar surface area (TPSA) is 89.3 Å². The van der Waals surface area contributed by atoms with Crippen LogP contribution in [0.2, 0.25) is 0 Å². The lowest BCUT2D eigenvalue weighted by Crippen LogP contribution is -2.40. The number of carbonyl (C=O) groups is 1. The SMILES string of the molecule is O=C(c1cc(=O)[nH]c(=O)[nH]1)N1CCCN(C2Cc3ccccc3C2)CC1. The number of nitrogens with one attached hydrogen (secondary N) is 2. The molecule has 136 valence electrons. The van der Waals surface area contributed by atoms with Crippen molar-refractivity contribution >= 4 is 5.91 Å². The molecule has 0 atom stereocenters. The predicted octanol–water partition coefficient (Wildman–Crippen LogP) is 0.379. The molecule has 2 heterocycles. The summed E-state index contributed by atoms with van der Waals surface area (Å²) in [5, 5.41) is 0. The quantitative estimate of drug-likeness (QED) is 0.816. The van der Waals surface area contributed by atoms with E-state index < -0.39 is 11.2 Å². The molecule has 26 heavy (non-hydrogen) atoms. The molecule has 0 spiro atoms. The molecule has 7 heteroatoms. The summed E-state index contributed by atoms with van der Waals surface area (Å²) in [7, 11) is 0. The zero-order chi connectivity index (χ0) is 18.1. The van der Waals surface area contributed by atoms with Gasteiger partial charge in [0.25, 0.3) is 11.5 Å². The van der Waals surface area contributed by atoms with E-state index in [-0.39, 0.29) is 11.6 Å². The third kappa shape index (κ3) is 3.35. The molecule has 2 aromatic rings. The van der Waals surface area contributed by atoms with Crippen LogP contribution < -0.4 is 11.2 Å². The van der Waals surface area contributed by atoms with E-state index in [1.54, 1.807) is 4.90 Å². The van der Waals surface area contributed by atoms with E-state index in [1.807, 2.05) is 0 Å². The monoisotopic (exact) mass is 354 g/mol. The maximum absolute atomic E-state index is 12.6. The number of aromatic amines is 2. The zero-order valence-corrected chi connectivity index (χ0v) is 14.5. The van der Waals surface area contributed by atoms with Gasteiger partial charge in [0.05, 0.1) is 0 Å². The van der Waals surface area contributed by atoms with Crippen LogP contribution in [0.15, 0.2) is 39.9 Å². The van der Waals surface area contributed by atoms with Gasteiger partial charge in [-0.2, -0.15) is 0 Å². The average Bonchev–Trinajstić information content (AvgIpc) is 2.90. The Morgan fingerprint density at radius 1 is 0.962 bits per heavy atom. The van der Waals surface area contributed by atoms with Crippen LogP contribution in [0.25, 0.3) is 0 Å². The highest BCUT2D eigenvalue weighted by Gasteiger charge is 2.29. The molecule has 1 amide bonds. The van der Waals surface area contributed by atoms with E-state index in [0.717, 1.165) is 38.4 Å². The largest absolute Gasteiger partial charge is 0.336 e. The first kappa shape index (κ1) is 16.8. The molecule has 1 aromatic heterocycles. The van der Waals surface area contributed by atoms with Gasteiger partial charge in [0.1, 0.15) is 5.69 Å². The fourth-order valence-corrected chi connectivity index (χ4v) is 4.05. The number of fused-ring (bicyclic) bond motifs is 1. The number of rotatable bonds is 2. The number of aromatic nitrogens is 2. The highest BCUT2D eigenvalue weighted by molar-refractivity contribution is 5.92. The van der Waals surface area contributed by atoms with Crippen LogP contribution >= 0.6 is 0 Å². The fourth-order valence-electron chi connectivity index (χ4n) is 4.05. The third-order valence-electron chi connectivity index (χ3n) is 5.35. The van der Waals surface area contributed by atoms with Crippen LogP contribution in [-0.4, -0.2) is 57.9 Å². The fraction of sp³-hybridized carbons (Fsp3) is 0.421. The normalized spacial score (nSPS) is 18.5. The number of nitrogens with zero attached hydrogens (tertiary/aromatic N) is 2. The Labute approximate surface area is 150 Å². The minimum atomic E-state index is -0.652. The Morgan fingerprint density at radius 2 is 1.69 bits per heavy atom. The van der Waals surface area contributed by atoms with Gasteiger partial charge in [-0.3, -0.25) is 19.5 Å². The molecule has 1 saturated heterocycles. The second kappa shape index (κ2) is 6.92. The van der Waals surface area contributed by atoms with Crippen molar-refractivity contribution in [2.75, 3.05) is 26.2 Å². The Balaban J connectivity index is 1.43. The van der Waals surface area contributed by atoms with Crippen LogP contribution in [0.4, 0.5) is 0 Å². The predicted molar refractivity (Wildman–Crippen MR) is 97.4 cm³/mol. The van der Waals surface area contributed by atoms with Crippen molar-refractivity contribution in [3.63, 3.8) is 0 Å². The van der Waals surface area contributed by atoms with Crippen molar-refractivity contribution in [1.29, 1.82) is 0 Å². The Hall–Kier alpha value is -2.67. The number of hydrogen-bond donors (Lipinski definition) is 2. The van der Waals surface area contributed by atoms with Crippen molar-refractivity contribution < 1.29 is 4.79 Å². The van der Waals surface area contributed by atoms with E-state index in [9.17, 15) is 14.4 Å². The van der Waals surface area contributed by atoms with Gasteiger partial charge in [-0.15, -0.1) is 0 Å². The molecule has 1 fully saturated rings. The zero-order valence-electron chi connectivity index (χ0n) is 14.5. The molecule has 4 rings (SSSR count). The third-order valence-corrected chi connectivity index (χ3v) is 5.35. The molecular weight excluding hydrogens is 332 g/mol. The van der Waals surface area contributed by atoms with Gasteiger partial charge in [0, 0.05) is 38.3 Å². The molecule has 2 aliphatic rings. The van der Waals surface area contributed by atoms with Gasteiger partial charge in [0.2, 0.25) is 0 Å². The number of carbonyl (C=O) groups excluding carboxylic acids is 1. The van der Waals surface area contributed by atoms with Crippen molar-refractivity contribution in [3.05, 3.63) is 68.0 Å². The van der Waals surface area contributed by atoms with Crippen LogP contribution in [0.5, 0.6) is 0 Å². The van der Waals surface area contributed by atoms with Gasteiger partial charge in [-0.1, -0.05) is 24.3 Å². The second-order valence-electron chi connectivity index (χ2n) is 7.01. The number of hydrogen-bond acceptors (Lipinski definition) is 4. The summed E-state index contributed by atoms with van der Waals surface area (Å²) in [4.78, 5) is 44.2. The second-order valence-corrected chi connectivity index (χ2v) is 7.01. The van der Waals surface area contributed by atoms with Crippen molar-refractivity contribution in [1.82, 2.24) is 19.8 Å². The Kier molecular flexibility index (Phi) is 4.46. The lowest BCUT2D eigenvalue weighted by molar-refractivity contribution is 0.0751. The van der Waals surface area contributed by atoms with Gasteiger partial charge in [0.15, 0.2) is 0 Å². The standard InChI is InChI=1S/C19H22N4O3/c24-17-12-16(20-19(26)21-17)18(25)23-7-3-6-22(8-9-23)15-10-13-4-1-2-5-14(13)11-15/h1-2,4-5,12,15H,3,6-11H2,(H2,20,21,24,26). The Morgan fingerprint density at radius 3 is 2.38 bits per heavy atom. The molecule has 7 nitrogen and oxygen atoms in total. The van der Waals surface area contributed by atoms with E-state index >= 15 is 0 Å². The van der Waals surface area contributed by atoms with Gasteiger partial charge >= 0.3 is 5.69 Å². The summed E-state index contributed by atoms with van der Waals surface area (Å²) in [6.07, 6.45) is 3.00. The molecular formula is C19H22N4O3. The van der Waals surface area contributed by atoms with E-state index in [1.165, 1.54) is 11.1 Å². The first-order valence-electron chi connectivity index (χ1n) is 9.04. The lowest BCUT2D eigenvalue weighted by atomic mass is 10.1. The molecule has 1 aromatic carbocycles. The Bertz CT molecular complexity index is 879. The summed E-state index contributed by atoms with van der Waals surface area (Å²) in [6.45, 7) is 2.98. The molecule has 0 saturated carbocycles. The molecule has 0 bridgehead atoms. The van der Waals surface area contributed by atoms with Gasteiger partial charge < -0.3 is 9.88 Å². The highest BCUT2D eigenvalue weighted by Crippen LogP contribution is 2.26. The minimum Gasteiger partial charge on any atom is -0.336 e. The summed E-state index contributed by atoms with van der Waals surface area (Å²) in [5.74, 6) is -0.287. The summed E-state index contributed by atoms with van der Waals surface area (Å²) in [6, 6.07) is 10.2. The molecule has 1 aliphatic carbocycles. The molecule has 1 aliphatic heterocycles. The van der Waals surface area contributed by atoms with Crippen molar-refractivity contribution in [2.45, 2.75) is 25.3 Å². The van der Waals surface area contributed by atoms with E-state index in [4.69, 9.17) is 0 Å². The summed E-state index contributed by atoms with van der Waals surface area (Å²) in [5.41, 5.74) is 1.70. The van der Waals surface area contributed by atoms with E-state index in [0.29, 0.717) is 19.1 Å². The average molecular weight is 354 g/mol. The number of benzene rings is 1. The molecule has 0 radical (unpaired) electrons. The molecule has 2 N–H and O–H groups in total. The highest BCUT2D eigenvalue weighted by atomic mass is 16.2. The van der Waals surface area contributed by atoms with Gasteiger partial charge in [-0.25, -0.2) is 4.79 Å². The first-order chi connectivity index (χ1) is 12.6. The maximum atomic E-state index is 12.6. The molecule has 0 unspecified atom stereocenters. The van der Waals surface area contributed by atoms with Crippen molar-refractivity contribution in [2.24, 2.45) is 0 Å². The first-order valence-corrected chi connectivity index (χ1v) is 9.04. The van der Waals surface area contributed by atoms with Crippen LogP contribution in [0, 0.1) is 0 Å². The number of H-pyrrole nitrogens is 2. The lowest BCUT2D eigenvalue weighted by Gasteiger charge is -2.27. The van der Waals surface area contributed by atoms with E-state index in [2.05, 4.69) is 39.1 Å². The van der Waals surface area contributed by atoms with Crippen LogP contribution in [-0.2, 0) is 12.8 Å². The van der Waals surface area contributed by atoms with Crippen LogP contribution in [0.3, 0.4) is 0 Å².